The molecule has 5 nitrogen and oxygen atoms in total. The largest absolute Gasteiger partial charge is 0.480 e. The Bertz CT molecular complexity index is 774. The number of allylic oxidation sites excluding steroid dienone is 1. The predicted molar refractivity (Wildman–Crippen MR) is 105 cm³/mol. The molecule has 1 saturated heterocycles. The number of hydrogen-bond donors (Lipinski definition) is 2. The van der Waals surface area contributed by atoms with Crippen LogP contribution >= 0.6 is 24.0 Å². The van der Waals surface area contributed by atoms with E-state index in [2.05, 4.69) is 24.4 Å². The maximum absolute atomic E-state index is 12.7. The molecule has 2 N–H and O–H groups in total. The Balaban J connectivity index is 2.00. The van der Waals surface area contributed by atoms with Gasteiger partial charge in [-0.15, -0.1) is 0 Å². The number of thioether (sulfide) groups is 1. The molecule has 0 aromatic heterocycles. The molecule has 2 aliphatic rings. The number of nitrogens with one attached hydrogen (secondary N) is 1. The van der Waals surface area contributed by atoms with E-state index in [4.69, 9.17) is 17.3 Å². The van der Waals surface area contributed by atoms with Gasteiger partial charge in [0.2, 0.25) is 0 Å². The van der Waals surface area contributed by atoms with Crippen molar-refractivity contribution >= 4 is 51.4 Å². The zero-order valence-corrected chi connectivity index (χ0v) is 15.6. The van der Waals surface area contributed by atoms with Crippen molar-refractivity contribution in [2.75, 3.05) is 18.4 Å². The van der Waals surface area contributed by atoms with Crippen molar-refractivity contribution in [3.05, 3.63) is 34.2 Å². The summed E-state index contributed by atoms with van der Waals surface area (Å²) in [6.45, 7) is 2.66. The Kier molecular flexibility index (Phi) is 5.44. The number of anilines is 1. The van der Waals surface area contributed by atoms with Crippen LogP contribution in [0.2, 0.25) is 0 Å². The summed E-state index contributed by atoms with van der Waals surface area (Å²) in [5.41, 5.74) is 4.41. The molecule has 1 aromatic rings. The molecule has 0 spiro atoms. The van der Waals surface area contributed by atoms with Gasteiger partial charge in [0.25, 0.3) is 5.91 Å². The number of carbonyl (C=O) groups is 2. The standard InChI is InChI=1S/C18H20N2O3S2/c1-2-3-4-13(11-5-6-14-12(9-11)7-8-19-14)16-17(23)20(10-15(21)22)18(24)25-16/h5-6,9,19H,2-4,7-8,10H2,1H3,(H,21,22). The lowest BCUT2D eigenvalue weighted by atomic mass is 9.97. The Labute approximate surface area is 156 Å². The van der Waals surface area contributed by atoms with E-state index in [9.17, 15) is 9.59 Å². The summed E-state index contributed by atoms with van der Waals surface area (Å²) in [4.78, 5) is 25.5. The van der Waals surface area contributed by atoms with Crippen LogP contribution in [0, 0.1) is 0 Å². The van der Waals surface area contributed by atoms with E-state index in [1.54, 1.807) is 0 Å². The topological polar surface area (TPSA) is 69.6 Å². The fourth-order valence-corrected chi connectivity index (χ4v) is 4.46. The minimum atomic E-state index is -1.06. The number of unbranched alkanes of at least 4 members (excludes halogenated alkanes) is 1. The molecule has 0 unspecified atom stereocenters. The molecule has 2 heterocycles. The molecule has 1 aromatic carbocycles. The van der Waals surface area contributed by atoms with Gasteiger partial charge in [0, 0.05) is 12.2 Å². The summed E-state index contributed by atoms with van der Waals surface area (Å²) >= 11 is 6.45. The average molecular weight is 377 g/mol. The van der Waals surface area contributed by atoms with Gasteiger partial charge in [-0.25, -0.2) is 0 Å². The van der Waals surface area contributed by atoms with Crippen molar-refractivity contribution in [3.63, 3.8) is 0 Å². The first-order valence-electron chi connectivity index (χ1n) is 8.37. The highest BCUT2D eigenvalue weighted by atomic mass is 32.2. The second kappa shape index (κ2) is 7.58. The molecule has 3 rings (SSSR count). The lowest BCUT2D eigenvalue weighted by Gasteiger charge is -2.13. The van der Waals surface area contributed by atoms with Crippen LogP contribution in [-0.4, -0.2) is 39.3 Å². The maximum atomic E-state index is 12.7. The quantitative estimate of drug-likeness (QED) is 0.585. The zero-order chi connectivity index (χ0) is 18.0. The summed E-state index contributed by atoms with van der Waals surface area (Å²) in [7, 11) is 0. The molecular formula is C18H20N2O3S2. The number of hydrogen-bond acceptors (Lipinski definition) is 5. The normalized spacial score (nSPS) is 18.4. The predicted octanol–water partition coefficient (Wildman–Crippen LogP) is 3.50. The van der Waals surface area contributed by atoms with E-state index in [-0.39, 0.29) is 12.5 Å². The van der Waals surface area contributed by atoms with Gasteiger partial charge in [-0.1, -0.05) is 43.4 Å². The van der Waals surface area contributed by atoms with Crippen LogP contribution in [0.4, 0.5) is 5.69 Å². The van der Waals surface area contributed by atoms with Crippen molar-refractivity contribution in [2.45, 2.75) is 32.6 Å². The zero-order valence-electron chi connectivity index (χ0n) is 14.0. The third-order valence-electron chi connectivity index (χ3n) is 4.36. The lowest BCUT2D eigenvalue weighted by Crippen LogP contribution is -2.33. The minimum Gasteiger partial charge on any atom is -0.480 e. The molecule has 25 heavy (non-hydrogen) atoms. The Hall–Kier alpha value is -1.86. The highest BCUT2D eigenvalue weighted by molar-refractivity contribution is 8.26. The molecule has 0 radical (unpaired) electrons. The SMILES string of the molecule is CCCCC(=C1SC(=S)N(CC(=O)O)C1=O)c1ccc2c(c1)CCN2. The van der Waals surface area contributed by atoms with Crippen LogP contribution in [-0.2, 0) is 16.0 Å². The van der Waals surface area contributed by atoms with Crippen LogP contribution in [0.25, 0.3) is 5.57 Å². The molecule has 132 valence electrons. The first-order chi connectivity index (χ1) is 12.0. The van der Waals surface area contributed by atoms with E-state index >= 15 is 0 Å². The monoisotopic (exact) mass is 376 g/mol. The van der Waals surface area contributed by atoms with Gasteiger partial charge in [-0.3, -0.25) is 14.5 Å². The second-order valence-corrected chi connectivity index (χ2v) is 7.76. The van der Waals surface area contributed by atoms with Crippen LogP contribution in [0.3, 0.4) is 0 Å². The van der Waals surface area contributed by atoms with Crippen molar-refractivity contribution in [1.82, 2.24) is 4.90 Å². The smallest absolute Gasteiger partial charge is 0.323 e. The maximum Gasteiger partial charge on any atom is 0.323 e. The average Bonchev–Trinajstić information content (AvgIpc) is 3.15. The number of benzene rings is 1. The minimum absolute atomic E-state index is 0.290. The van der Waals surface area contributed by atoms with Gasteiger partial charge >= 0.3 is 5.97 Å². The van der Waals surface area contributed by atoms with E-state index < -0.39 is 5.97 Å². The summed E-state index contributed by atoms with van der Waals surface area (Å²) in [6, 6.07) is 6.23. The van der Waals surface area contributed by atoms with E-state index in [1.165, 1.54) is 22.2 Å². The van der Waals surface area contributed by atoms with Crippen molar-refractivity contribution in [1.29, 1.82) is 0 Å². The van der Waals surface area contributed by atoms with Gasteiger partial charge in [0.1, 0.15) is 10.9 Å². The number of fused-ring (bicyclic) bond motifs is 1. The van der Waals surface area contributed by atoms with E-state index in [0.717, 1.165) is 49.1 Å². The third-order valence-corrected chi connectivity index (χ3v) is 5.85. The first kappa shape index (κ1) is 17.9. The summed E-state index contributed by atoms with van der Waals surface area (Å²) in [6.07, 6.45) is 3.74. The Morgan fingerprint density at radius 3 is 2.96 bits per heavy atom. The molecule has 2 aliphatic heterocycles. The molecular weight excluding hydrogens is 356 g/mol. The van der Waals surface area contributed by atoms with Crippen LogP contribution in [0.5, 0.6) is 0 Å². The van der Waals surface area contributed by atoms with Crippen molar-refractivity contribution in [2.24, 2.45) is 0 Å². The first-order valence-corrected chi connectivity index (χ1v) is 9.59. The summed E-state index contributed by atoms with van der Waals surface area (Å²) in [5.74, 6) is -1.35. The van der Waals surface area contributed by atoms with E-state index in [1.807, 2.05) is 6.07 Å². The van der Waals surface area contributed by atoms with E-state index in [0.29, 0.717) is 9.23 Å². The molecule has 0 bridgehead atoms. The molecule has 7 heteroatoms. The molecule has 1 fully saturated rings. The third kappa shape index (κ3) is 3.72. The number of nitrogens with zero attached hydrogens (tertiary/aromatic N) is 1. The number of thiocarbonyl (C=S) groups is 1. The second-order valence-electron chi connectivity index (χ2n) is 6.11. The number of carboxylic acid groups (broad SMARTS) is 1. The summed E-state index contributed by atoms with van der Waals surface area (Å²) < 4.78 is 0.319. The molecule has 1 amide bonds. The van der Waals surface area contributed by atoms with Gasteiger partial charge in [0.05, 0.1) is 4.91 Å². The number of rotatable bonds is 6. The lowest BCUT2D eigenvalue weighted by molar-refractivity contribution is -0.140. The molecule has 0 atom stereocenters. The number of amides is 1. The van der Waals surface area contributed by atoms with Crippen LogP contribution in [0.15, 0.2) is 23.1 Å². The van der Waals surface area contributed by atoms with Gasteiger partial charge < -0.3 is 10.4 Å². The number of carboxylic acids is 1. The van der Waals surface area contributed by atoms with Crippen molar-refractivity contribution < 1.29 is 14.7 Å². The number of carbonyl (C=O) groups excluding carboxylic acids is 1. The Morgan fingerprint density at radius 2 is 2.24 bits per heavy atom. The van der Waals surface area contributed by atoms with Gasteiger partial charge in [-0.05, 0) is 48.1 Å². The molecule has 0 aliphatic carbocycles. The van der Waals surface area contributed by atoms with Gasteiger partial charge in [-0.2, -0.15) is 0 Å². The Morgan fingerprint density at radius 1 is 1.44 bits per heavy atom. The van der Waals surface area contributed by atoms with Gasteiger partial charge in [0.15, 0.2) is 0 Å². The summed E-state index contributed by atoms with van der Waals surface area (Å²) in [5, 5.41) is 12.4. The van der Waals surface area contributed by atoms with Crippen LogP contribution in [0.1, 0.15) is 37.3 Å². The van der Waals surface area contributed by atoms with Crippen molar-refractivity contribution in [3.8, 4) is 0 Å². The highest BCUT2D eigenvalue weighted by Crippen LogP contribution is 2.40. The van der Waals surface area contributed by atoms with Crippen LogP contribution < -0.4 is 5.32 Å². The number of aliphatic carboxylic acids is 1. The fraction of sp³-hybridized carbons (Fsp3) is 0.389. The fourth-order valence-electron chi connectivity index (χ4n) is 3.09. The molecule has 0 saturated carbocycles. The highest BCUT2D eigenvalue weighted by Gasteiger charge is 2.35.